The molecule has 0 bridgehead atoms. The van der Waals surface area contributed by atoms with Crippen LogP contribution in [0.25, 0.3) is 16.4 Å². The molecule has 0 saturated heterocycles. The molecule has 0 saturated carbocycles. The summed E-state index contributed by atoms with van der Waals surface area (Å²) in [5.41, 5.74) is 0.826. The Morgan fingerprint density at radius 3 is 2.87 bits per heavy atom. The van der Waals surface area contributed by atoms with E-state index in [1.165, 1.54) is 0 Å². The first-order valence-electron chi connectivity index (χ1n) is 4.12. The van der Waals surface area contributed by atoms with Crippen molar-refractivity contribution in [2.24, 2.45) is 0 Å². The zero-order valence-corrected chi connectivity index (χ0v) is 11.3. The minimum atomic E-state index is 0.709. The summed E-state index contributed by atoms with van der Waals surface area (Å²) in [6.07, 6.45) is 1.97. The molecule has 3 aromatic rings. The minimum absolute atomic E-state index is 0.709. The molecule has 0 fully saturated rings. The maximum Gasteiger partial charge on any atom is 0.195 e. The maximum atomic E-state index is 5.46. The van der Waals surface area contributed by atoms with Crippen LogP contribution in [-0.2, 0) is 0 Å². The number of imidazole rings is 1. The molecule has 0 aliphatic heterocycles. The second kappa shape index (κ2) is 3.47. The monoisotopic (exact) mass is 346 g/mol. The van der Waals surface area contributed by atoms with Crippen molar-refractivity contribution in [3.63, 3.8) is 0 Å². The van der Waals surface area contributed by atoms with Crippen LogP contribution in [0, 0.1) is 0 Å². The number of thiazole rings is 1. The SMILES string of the molecule is Brc1ccc(-c2nc3sccn3c2Br)o1. The minimum Gasteiger partial charge on any atom is -0.448 e. The predicted octanol–water partition coefficient (Wildman–Crippen LogP) is 4.18. The highest BCUT2D eigenvalue weighted by atomic mass is 79.9. The van der Waals surface area contributed by atoms with Gasteiger partial charge in [-0.2, -0.15) is 0 Å². The van der Waals surface area contributed by atoms with E-state index < -0.39 is 0 Å². The number of nitrogens with zero attached hydrogens (tertiary/aromatic N) is 2. The summed E-state index contributed by atoms with van der Waals surface area (Å²) >= 11 is 8.38. The van der Waals surface area contributed by atoms with Crippen molar-refractivity contribution in [1.82, 2.24) is 9.38 Å². The van der Waals surface area contributed by atoms with E-state index in [1.807, 2.05) is 28.1 Å². The van der Waals surface area contributed by atoms with Gasteiger partial charge in [0.2, 0.25) is 0 Å². The van der Waals surface area contributed by atoms with Gasteiger partial charge in [0.15, 0.2) is 15.4 Å². The Balaban J connectivity index is 2.26. The number of fused-ring (bicyclic) bond motifs is 1. The van der Waals surface area contributed by atoms with Crippen molar-refractivity contribution in [2.45, 2.75) is 0 Å². The average molecular weight is 348 g/mol. The summed E-state index contributed by atoms with van der Waals surface area (Å²) in [5, 5.41) is 1.99. The summed E-state index contributed by atoms with van der Waals surface area (Å²) in [4.78, 5) is 5.42. The highest BCUT2D eigenvalue weighted by molar-refractivity contribution is 9.10. The van der Waals surface area contributed by atoms with Gasteiger partial charge in [-0.05, 0) is 44.0 Å². The number of halogens is 2. The topological polar surface area (TPSA) is 30.4 Å². The van der Waals surface area contributed by atoms with Crippen molar-refractivity contribution in [1.29, 1.82) is 0 Å². The van der Waals surface area contributed by atoms with Gasteiger partial charge in [0.25, 0.3) is 0 Å². The van der Waals surface area contributed by atoms with Crippen molar-refractivity contribution >= 4 is 48.2 Å². The fourth-order valence-electron chi connectivity index (χ4n) is 1.36. The lowest BCUT2D eigenvalue weighted by molar-refractivity contribution is 0.554. The Kier molecular flexibility index (Phi) is 2.22. The zero-order chi connectivity index (χ0) is 10.4. The lowest BCUT2D eigenvalue weighted by atomic mass is 10.4. The Morgan fingerprint density at radius 2 is 2.20 bits per heavy atom. The van der Waals surface area contributed by atoms with Crippen molar-refractivity contribution in [2.75, 3.05) is 0 Å². The smallest absolute Gasteiger partial charge is 0.195 e. The summed E-state index contributed by atoms with van der Waals surface area (Å²) in [5.74, 6) is 0.754. The molecule has 76 valence electrons. The molecule has 0 unspecified atom stereocenters. The summed E-state index contributed by atoms with van der Waals surface area (Å²) < 4.78 is 9.07. The van der Waals surface area contributed by atoms with Gasteiger partial charge in [-0.25, -0.2) is 4.98 Å². The van der Waals surface area contributed by atoms with Crippen molar-refractivity contribution in [3.8, 4) is 11.5 Å². The molecule has 0 amide bonds. The van der Waals surface area contributed by atoms with Crippen LogP contribution in [0.1, 0.15) is 0 Å². The van der Waals surface area contributed by atoms with E-state index in [-0.39, 0.29) is 0 Å². The number of hydrogen-bond donors (Lipinski definition) is 0. The number of hydrogen-bond acceptors (Lipinski definition) is 3. The van der Waals surface area contributed by atoms with Gasteiger partial charge < -0.3 is 4.42 Å². The van der Waals surface area contributed by atoms with Crippen molar-refractivity contribution in [3.05, 3.63) is 33.0 Å². The molecular formula is C9H4Br2N2OS. The number of aromatic nitrogens is 2. The summed E-state index contributed by atoms with van der Waals surface area (Å²) in [6.45, 7) is 0. The Morgan fingerprint density at radius 1 is 1.33 bits per heavy atom. The molecule has 3 rings (SSSR count). The normalized spacial score (nSPS) is 11.3. The van der Waals surface area contributed by atoms with Crippen LogP contribution in [0.2, 0.25) is 0 Å². The third-order valence-corrected chi connectivity index (χ3v) is 3.95. The predicted molar refractivity (Wildman–Crippen MR) is 66.2 cm³/mol. The van der Waals surface area contributed by atoms with Gasteiger partial charge in [0.05, 0.1) is 0 Å². The van der Waals surface area contributed by atoms with Crippen LogP contribution in [0.3, 0.4) is 0 Å². The second-order valence-corrected chi connectivity index (χ2v) is 5.32. The van der Waals surface area contributed by atoms with Crippen LogP contribution in [-0.4, -0.2) is 9.38 Å². The molecule has 0 aliphatic carbocycles. The first kappa shape index (κ1) is 9.62. The molecule has 0 radical (unpaired) electrons. The van der Waals surface area contributed by atoms with E-state index in [0.29, 0.717) is 4.67 Å². The van der Waals surface area contributed by atoms with Crippen LogP contribution in [0.4, 0.5) is 0 Å². The summed E-state index contributed by atoms with van der Waals surface area (Å²) in [6, 6.07) is 3.75. The average Bonchev–Trinajstić information content (AvgIpc) is 2.84. The maximum absolute atomic E-state index is 5.46. The highest BCUT2D eigenvalue weighted by Gasteiger charge is 2.15. The first-order chi connectivity index (χ1) is 7.25. The van der Waals surface area contributed by atoms with Crippen LogP contribution >= 0.6 is 43.2 Å². The zero-order valence-electron chi connectivity index (χ0n) is 7.28. The molecular weight excluding hydrogens is 344 g/mol. The molecule has 6 heteroatoms. The van der Waals surface area contributed by atoms with Crippen molar-refractivity contribution < 1.29 is 4.42 Å². The van der Waals surface area contributed by atoms with Gasteiger partial charge in [0.1, 0.15) is 10.3 Å². The van der Waals surface area contributed by atoms with Crippen LogP contribution in [0.15, 0.2) is 37.4 Å². The van der Waals surface area contributed by atoms with Gasteiger partial charge in [-0.3, -0.25) is 4.40 Å². The van der Waals surface area contributed by atoms with Gasteiger partial charge in [0, 0.05) is 11.6 Å². The Hall–Kier alpha value is -0.590. The lowest BCUT2D eigenvalue weighted by Gasteiger charge is -1.91. The van der Waals surface area contributed by atoms with E-state index in [9.17, 15) is 0 Å². The molecule has 0 N–H and O–H groups in total. The molecule has 0 aromatic carbocycles. The summed E-state index contributed by atoms with van der Waals surface area (Å²) in [7, 11) is 0. The third-order valence-electron chi connectivity index (χ3n) is 2.01. The largest absolute Gasteiger partial charge is 0.448 e. The van der Waals surface area contributed by atoms with E-state index in [0.717, 1.165) is 21.0 Å². The molecule has 0 aliphatic rings. The fourth-order valence-corrected chi connectivity index (χ4v) is 3.06. The van der Waals surface area contributed by atoms with Crippen LogP contribution in [0.5, 0.6) is 0 Å². The fraction of sp³-hybridized carbons (Fsp3) is 0. The molecule has 0 atom stereocenters. The van der Waals surface area contributed by atoms with E-state index in [4.69, 9.17) is 4.42 Å². The molecule has 3 heterocycles. The molecule has 15 heavy (non-hydrogen) atoms. The third kappa shape index (κ3) is 1.47. The van der Waals surface area contributed by atoms with Crippen LogP contribution < -0.4 is 0 Å². The van der Waals surface area contributed by atoms with E-state index >= 15 is 0 Å². The Labute approximate surface area is 106 Å². The number of rotatable bonds is 1. The van der Waals surface area contributed by atoms with Gasteiger partial charge in [-0.1, -0.05) is 0 Å². The molecule has 3 aromatic heterocycles. The van der Waals surface area contributed by atoms with E-state index in [1.54, 1.807) is 11.3 Å². The Bertz CT molecular complexity index is 625. The second-order valence-electron chi connectivity index (χ2n) is 2.91. The van der Waals surface area contributed by atoms with E-state index in [2.05, 4.69) is 36.8 Å². The van der Waals surface area contributed by atoms with Gasteiger partial charge in [-0.15, -0.1) is 11.3 Å². The molecule has 3 nitrogen and oxygen atoms in total. The lowest BCUT2D eigenvalue weighted by Crippen LogP contribution is -1.76. The number of furan rings is 1. The van der Waals surface area contributed by atoms with Gasteiger partial charge >= 0.3 is 0 Å². The molecule has 0 spiro atoms. The standard InChI is InChI=1S/C9H4Br2N2OS/c10-6-2-1-5(14-6)7-8(11)13-3-4-15-9(13)12-7/h1-4H. The quantitative estimate of drug-likeness (QED) is 0.661. The highest BCUT2D eigenvalue weighted by Crippen LogP contribution is 2.32. The first-order valence-corrected chi connectivity index (χ1v) is 6.59.